The maximum atomic E-state index is 12.7. The molecule has 0 saturated carbocycles. The number of nitrogens with one attached hydrogen (secondary N) is 1. The summed E-state index contributed by atoms with van der Waals surface area (Å²) >= 11 is 5.31. The topological polar surface area (TPSA) is 84.7 Å². The van der Waals surface area contributed by atoms with Crippen LogP contribution >= 0.6 is 12.2 Å². The molecule has 24 heavy (non-hydrogen) atoms. The van der Waals surface area contributed by atoms with Crippen LogP contribution in [0.3, 0.4) is 0 Å². The molecule has 0 aliphatic carbocycles. The van der Waals surface area contributed by atoms with E-state index >= 15 is 0 Å². The van der Waals surface area contributed by atoms with Crippen LogP contribution in [0.25, 0.3) is 0 Å². The highest BCUT2D eigenvalue weighted by molar-refractivity contribution is 7.81. The van der Waals surface area contributed by atoms with Gasteiger partial charge in [0.2, 0.25) is 0 Å². The highest BCUT2D eigenvalue weighted by Gasteiger charge is 2.35. The number of hydrogen-bond donors (Lipinski definition) is 2. The number of rotatable bonds is 2. The van der Waals surface area contributed by atoms with Gasteiger partial charge in [-0.15, -0.1) is 0 Å². The van der Waals surface area contributed by atoms with Gasteiger partial charge in [-0.3, -0.25) is 4.79 Å². The molecule has 0 aromatic heterocycles. The molecule has 2 amide bonds. The van der Waals surface area contributed by atoms with Gasteiger partial charge >= 0.3 is 6.09 Å². The van der Waals surface area contributed by atoms with Crippen molar-refractivity contribution in [1.29, 1.82) is 0 Å². The Morgan fingerprint density at radius 2 is 1.92 bits per heavy atom. The molecular formula is C17H21N3O3S. The molecule has 0 bridgehead atoms. The van der Waals surface area contributed by atoms with E-state index in [1.807, 2.05) is 30.3 Å². The van der Waals surface area contributed by atoms with Crippen LogP contribution in [0.1, 0.15) is 27.2 Å². The predicted molar refractivity (Wildman–Crippen MR) is 96.4 cm³/mol. The Morgan fingerprint density at radius 3 is 2.50 bits per heavy atom. The summed E-state index contributed by atoms with van der Waals surface area (Å²) in [5.41, 5.74) is 6.53. The van der Waals surface area contributed by atoms with Crippen molar-refractivity contribution in [2.24, 2.45) is 5.73 Å². The van der Waals surface area contributed by atoms with Crippen LogP contribution in [-0.2, 0) is 9.53 Å². The van der Waals surface area contributed by atoms with Crippen molar-refractivity contribution in [2.45, 2.75) is 32.8 Å². The van der Waals surface area contributed by atoms with E-state index in [0.717, 1.165) is 10.6 Å². The molecule has 0 spiro atoms. The molecule has 0 fully saturated rings. The standard InChI is InChI=1S/C17H21N3O3S/c1-17(2,3)23-16(22)20-10-9-12(18)13(15(20)21)14(24)19-11-7-5-4-6-8-11/h4-8H,9-10,18H2,1-3H3,(H,19,24). The summed E-state index contributed by atoms with van der Waals surface area (Å²) in [4.78, 5) is 26.1. The zero-order valence-corrected chi connectivity index (χ0v) is 14.8. The molecule has 1 aromatic rings. The van der Waals surface area contributed by atoms with Crippen molar-refractivity contribution >= 4 is 34.9 Å². The highest BCUT2D eigenvalue weighted by Crippen LogP contribution is 2.21. The van der Waals surface area contributed by atoms with Gasteiger partial charge in [-0.25, -0.2) is 9.69 Å². The first-order valence-electron chi connectivity index (χ1n) is 7.59. The number of benzene rings is 1. The lowest BCUT2D eigenvalue weighted by atomic mass is 10.1. The molecule has 7 heteroatoms. The van der Waals surface area contributed by atoms with Gasteiger partial charge < -0.3 is 15.8 Å². The van der Waals surface area contributed by atoms with E-state index in [1.165, 1.54) is 0 Å². The summed E-state index contributed by atoms with van der Waals surface area (Å²) < 4.78 is 5.27. The summed E-state index contributed by atoms with van der Waals surface area (Å²) in [5, 5.41) is 2.97. The third-order valence-corrected chi connectivity index (χ3v) is 3.56. The Labute approximate surface area is 146 Å². The van der Waals surface area contributed by atoms with Crippen molar-refractivity contribution in [3.05, 3.63) is 41.6 Å². The second-order valence-corrected chi connectivity index (χ2v) is 6.82. The van der Waals surface area contributed by atoms with Crippen LogP contribution in [0.4, 0.5) is 10.5 Å². The molecule has 0 saturated heterocycles. The first-order valence-corrected chi connectivity index (χ1v) is 8.00. The van der Waals surface area contributed by atoms with Gasteiger partial charge in [0.25, 0.3) is 5.91 Å². The van der Waals surface area contributed by atoms with Gasteiger partial charge in [-0.2, -0.15) is 0 Å². The minimum atomic E-state index is -0.694. The number of carbonyl (C=O) groups excluding carboxylic acids is 2. The molecule has 2 rings (SSSR count). The Bertz CT molecular complexity index is 693. The monoisotopic (exact) mass is 347 g/mol. The van der Waals surface area contributed by atoms with Gasteiger partial charge in [-0.05, 0) is 32.9 Å². The average Bonchev–Trinajstić information content (AvgIpc) is 2.46. The summed E-state index contributed by atoms with van der Waals surface area (Å²) in [6, 6.07) is 9.21. The largest absolute Gasteiger partial charge is 0.443 e. The van der Waals surface area contributed by atoms with Crippen molar-refractivity contribution in [2.75, 3.05) is 11.9 Å². The number of thiocarbonyl (C=S) groups is 1. The summed E-state index contributed by atoms with van der Waals surface area (Å²) in [5.74, 6) is -0.540. The lowest BCUT2D eigenvalue weighted by Crippen LogP contribution is -2.47. The maximum Gasteiger partial charge on any atom is 0.417 e. The van der Waals surface area contributed by atoms with E-state index < -0.39 is 17.6 Å². The van der Waals surface area contributed by atoms with Gasteiger partial charge in [0.15, 0.2) is 0 Å². The molecule has 6 nitrogen and oxygen atoms in total. The quantitative estimate of drug-likeness (QED) is 0.800. The third-order valence-electron chi connectivity index (χ3n) is 3.26. The number of hydrogen-bond acceptors (Lipinski definition) is 5. The van der Waals surface area contributed by atoms with Crippen molar-refractivity contribution in [1.82, 2.24) is 4.90 Å². The van der Waals surface area contributed by atoms with E-state index in [2.05, 4.69) is 5.32 Å². The second kappa shape index (κ2) is 7.00. The minimum absolute atomic E-state index is 0.144. The number of ether oxygens (including phenoxy) is 1. The van der Waals surface area contributed by atoms with Crippen LogP contribution in [0.5, 0.6) is 0 Å². The first kappa shape index (κ1) is 17.9. The van der Waals surface area contributed by atoms with Crippen LogP contribution in [0, 0.1) is 0 Å². The fourth-order valence-corrected chi connectivity index (χ4v) is 2.52. The molecule has 1 aromatic carbocycles. The number of amides is 2. The SMILES string of the molecule is CC(C)(C)OC(=O)N1CCC(N)=C(C(=S)Nc2ccccc2)C1=O. The lowest BCUT2D eigenvalue weighted by molar-refractivity contribution is -0.126. The fraction of sp³-hybridized carbons (Fsp3) is 0.353. The van der Waals surface area contributed by atoms with E-state index in [4.69, 9.17) is 22.7 Å². The van der Waals surface area contributed by atoms with Gasteiger partial charge in [-0.1, -0.05) is 30.4 Å². The van der Waals surface area contributed by atoms with Crippen molar-refractivity contribution in [3.8, 4) is 0 Å². The van der Waals surface area contributed by atoms with Crippen LogP contribution in [0.2, 0.25) is 0 Å². The average molecular weight is 347 g/mol. The molecule has 1 aliphatic heterocycles. The highest BCUT2D eigenvalue weighted by atomic mass is 32.1. The molecule has 1 heterocycles. The number of nitrogens with two attached hydrogens (primary N) is 1. The molecule has 3 N–H and O–H groups in total. The number of carbonyl (C=O) groups is 2. The summed E-state index contributed by atoms with van der Waals surface area (Å²) in [6.07, 6.45) is -0.336. The van der Waals surface area contributed by atoms with Crippen molar-refractivity contribution < 1.29 is 14.3 Å². The predicted octanol–water partition coefficient (Wildman–Crippen LogP) is 2.81. The third kappa shape index (κ3) is 4.32. The van der Waals surface area contributed by atoms with Crippen LogP contribution < -0.4 is 11.1 Å². The number of para-hydroxylation sites is 1. The molecule has 0 unspecified atom stereocenters. The zero-order chi connectivity index (χ0) is 17.9. The fourth-order valence-electron chi connectivity index (χ4n) is 2.18. The molecule has 0 atom stereocenters. The van der Waals surface area contributed by atoms with Gasteiger partial charge in [0, 0.05) is 24.4 Å². The molecule has 0 radical (unpaired) electrons. The number of nitrogens with zero attached hydrogens (tertiary/aromatic N) is 1. The van der Waals surface area contributed by atoms with Gasteiger partial charge in [0.1, 0.15) is 10.6 Å². The van der Waals surface area contributed by atoms with E-state index in [-0.39, 0.29) is 17.1 Å². The normalized spacial score (nSPS) is 15.3. The summed E-state index contributed by atoms with van der Waals surface area (Å²) in [7, 11) is 0. The van der Waals surface area contributed by atoms with E-state index in [9.17, 15) is 9.59 Å². The minimum Gasteiger partial charge on any atom is -0.443 e. The van der Waals surface area contributed by atoms with Crippen LogP contribution in [-0.4, -0.2) is 34.0 Å². The summed E-state index contributed by atoms with van der Waals surface area (Å²) in [6.45, 7) is 5.40. The Morgan fingerprint density at radius 1 is 1.29 bits per heavy atom. The first-order chi connectivity index (χ1) is 11.2. The second-order valence-electron chi connectivity index (χ2n) is 6.41. The van der Waals surface area contributed by atoms with Crippen molar-refractivity contribution in [3.63, 3.8) is 0 Å². The zero-order valence-electron chi connectivity index (χ0n) is 14.0. The van der Waals surface area contributed by atoms with E-state index in [1.54, 1.807) is 20.8 Å². The Kier molecular flexibility index (Phi) is 5.23. The number of imide groups is 1. The Hall–Kier alpha value is -2.41. The molecule has 128 valence electrons. The van der Waals surface area contributed by atoms with Crippen LogP contribution in [0.15, 0.2) is 41.6 Å². The Balaban J connectivity index is 2.18. The van der Waals surface area contributed by atoms with E-state index in [0.29, 0.717) is 12.1 Å². The maximum absolute atomic E-state index is 12.7. The molecular weight excluding hydrogens is 326 g/mol. The smallest absolute Gasteiger partial charge is 0.417 e. The van der Waals surface area contributed by atoms with Gasteiger partial charge in [0.05, 0.1) is 5.57 Å². The number of anilines is 1. The molecule has 1 aliphatic rings. The lowest BCUT2D eigenvalue weighted by Gasteiger charge is -2.30.